The maximum absolute atomic E-state index is 13.5. The lowest BCUT2D eigenvalue weighted by Crippen LogP contribution is -2.43. The zero-order chi connectivity index (χ0) is 18.8. The van der Waals surface area contributed by atoms with Crippen LogP contribution in [0, 0.1) is 11.2 Å². The summed E-state index contributed by atoms with van der Waals surface area (Å²) < 4.78 is 29.7. The fraction of sp³-hybridized carbons (Fsp3) is 0.600. The molecule has 25 heavy (non-hydrogen) atoms. The first-order chi connectivity index (χ1) is 11.7. The summed E-state index contributed by atoms with van der Waals surface area (Å²) in [6, 6.07) is 0. The molecule has 0 bridgehead atoms. The molecule has 0 saturated carbocycles. The van der Waals surface area contributed by atoms with Gasteiger partial charge in [-0.15, -0.1) is 0 Å². The molecule has 1 aliphatic rings. The smallest absolute Gasteiger partial charge is 0.336 e. The number of nitrogens with one attached hydrogen (secondary N) is 1. The first-order valence-corrected chi connectivity index (χ1v) is 7.74. The van der Waals surface area contributed by atoms with Gasteiger partial charge in [-0.05, 0) is 20.8 Å². The Morgan fingerprint density at radius 3 is 2.60 bits per heavy atom. The summed E-state index contributed by atoms with van der Waals surface area (Å²) in [5.74, 6) is -2.69. The topological polar surface area (TPSA) is 117 Å². The van der Waals surface area contributed by atoms with Gasteiger partial charge in [0.15, 0.2) is 6.10 Å². The molecule has 2 heterocycles. The molecule has 1 aromatic rings. The largest absolute Gasteiger partial charge is 0.465 e. The molecule has 1 aliphatic heterocycles. The van der Waals surface area contributed by atoms with Gasteiger partial charge in [-0.25, -0.2) is 9.59 Å². The van der Waals surface area contributed by atoms with Crippen molar-refractivity contribution in [2.75, 3.05) is 13.2 Å². The zero-order valence-corrected chi connectivity index (χ0v) is 14.0. The average Bonchev–Trinajstić information content (AvgIpc) is 2.90. The van der Waals surface area contributed by atoms with Gasteiger partial charge in [0.2, 0.25) is 5.82 Å². The highest BCUT2D eigenvalue weighted by Gasteiger charge is 2.56. The van der Waals surface area contributed by atoms with Crippen molar-refractivity contribution < 1.29 is 28.2 Å². The molecule has 0 amide bonds. The van der Waals surface area contributed by atoms with Crippen LogP contribution in [-0.2, 0) is 23.8 Å². The summed E-state index contributed by atoms with van der Waals surface area (Å²) in [5, 5.41) is 0. The van der Waals surface area contributed by atoms with Gasteiger partial charge in [-0.3, -0.25) is 19.1 Å². The maximum Gasteiger partial charge on any atom is 0.336 e. The quantitative estimate of drug-likeness (QED) is 0.742. The number of carbonyl (C=O) groups is 2. The molecule has 0 aliphatic carbocycles. The van der Waals surface area contributed by atoms with Crippen molar-refractivity contribution in [1.29, 1.82) is 0 Å². The normalized spacial score (nSPS) is 25.6. The van der Waals surface area contributed by atoms with E-state index in [4.69, 9.17) is 14.2 Å². The lowest BCUT2D eigenvalue weighted by molar-refractivity contribution is -0.172. The van der Waals surface area contributed by atoms with Crippen molar-refractivity contribution in [1.82, 2.24) is 9.55 Å². The van der Waals surface area contributed by atoms with E-state index in [2.05, 4.69) is 0 Å². The molecule has 2 rings (SSSR count). The zero-order valence-electron chi connectivity index (χ0n) is 14.0. The molecule has 1 N–H and O–H groups in total. The summed E-state index contributed by atoms with van der Waals surface area (Å²) in [5.41, 5.74) is -3.53. The van der Waals surface area contributed by atoms with Crippen LogP contribution >= 0.6 is 0 Å². The van der Waals surface area contributed by atoms with Crippen LogP contribution in [0.5, 0.6) is 0 Å². The van der Waals surface area contributed by atoms with E-state index in [0.29, 0.717) is 6.20 Å². The van der Waals surface area contributed by atoms with Gasteiger partial charge < -0.3 is 14.2 Å². The van der Waals surface area contributed by atoms with E-state index < -0.39 is 46.8 Å². The third kappa shape index (κ3) is 3.48. The summed E-state index contributed by atoms with van der Waals surface area (Å²) in [6.07, 6.45) is -1.95. The highest BCUT2D eigenvalue weighted by molar-refractivity contribution is 5.87. The number of hydrogen-bond donors (Lipinski definition) is 1. The molecule has 0 spiro atoms. The van der Waals surface area contributed by atoms with E-state index in [9.17, 15) is 23.6 Å². The van der Waals surface area contributed by atoms with E-state index in [-0.39, 0.29) is 19.6 Å². The van der Waals surface area contributed by atoms with E-state index in [1.807, 2.05) is 0 Å². The van der Waals surface area contributed by atoms with Gasteiger partial charge in [0, 0.05) is 6.42 Å². The van der Waals surface area contributed by atoms with Gasteiger partial charge in [0.1, 0.15) is 11.6 Å². The summed E-state index contributed by atoms with van der Waals surface area (Å²) in [7, 11) is 0. The fourth-order valence-electron chi connectivity index (χ4n) is 2.68. The van der Waals surface area contributed by atoms with Gasteiger partial charge in [0.25, 0.3) is 5.56 Å². The van der Waals surface area contributed by atoms with Crippen LogP contribution in [0.2, 0.25) is 0 Å². The molecule has 1 unspecified atom stereocenters. The standard InChI is InChI=1S/C15H19FN2O7/c1-4-23-12(20)10-15(3,13(21)24-5-2)6-9(25-10)18-7-8(16)11(19)17-14(18)22/h7,9-10H,4-6H2,1-3H3,(H,17,19,22)/t9-,10-,15?/m1/s1. The second-order valence-corrected chi connectivity index (χ2v) is 5.71. The van der Waals surface area contributed by atoms with E-state index in [0.717, 1.165) is 4.57 Å². The fourth-order valence-corrected chi connectivity index (χ4v) is 2.68. The van der Waals surface area contributed by atoms with Crippen molar-refractivity contribution in [3.05, 3.63) is 32.9 Å². The van der Waals surface area contributed by atoms with Gasteiger partial charge in [0.05, 0.1) is 19.4 Å². The number of aromatic nitrogens is 2. The van der Waals surface area contributed by atoms with Crippen molar-refractivity contribution >= 4 is 11.9 Å². The monoisotopic (exact) mass is 358 g/mol. The van der Waals surface area contributed by atoms with Crippen LogP contribution < -0.4 is 11.2 Å². The number of hydrogen-bond acceptors (Lipinski definition) is 7. The molecular formula is C15H19FN2O7. The third-order valence-electron chi connectivity index (χ3n) is 3.95. The first-order valence-electron chi connectivity index (χ1n) is 7.74. The van der Waals surface area contributed by atoms with Crippen molar-refractivity contribution in [2.45, 2.75) is 39.5 Å². The molecule has 0 radical (unpaired) electrons. The van der Waals surface area contributed by atoms with E-state index in [1.165, 1.54) is 6.92 Å². The summed E-state index contributed by atoms with van der Waals surface area (Å²) >= 11 is 0. The molecule has 1 aromatic heterocycles. The number of esters is 2. The highest BCUT2D eigenvalue weighted by Crippen LogP contribution is 2.44. The van der Waals surface area contributed by atoms with Gasteiger partial charge >= 0.3 is 17.6 Å². The van der Waals surface area contributed by atoms with Crippen LogP contribution in [0.4, 0.5) is 4.39 Å². The van der Waals surface area contributed by atoms with Crippen molar-refractivity contribution in [3.8, 4) is 0 Å². The molecule has 138 valence electrons. The number of ether oxygens (including phenoxy) is 3. The van der Waals surface area contributed by atoms with E-state index in [1.54, 1.807) is 18.8 Å². The summed E-state index contributed by atoms with van der Waals surface area (Å²) in [4.78, 5) is 49.4. The molecule has 1 fully saturated rings. The van der Waals surface area contributed by atoms with Crippen LogP contribution in [0.3, 0.4) is 0 Å². The molecular weight excluding hydrogens is 339 g/mol. The highest BCUT2D eigenvalue weighted by atomic mass is 19.1. The number of H-pyrrole nitrogens is 1. The van der Waals surface area contributed by atoms with Crippen LogP contribution in [0.15, 0.2) is 15.8 Å². The van der Waals surface area contributed by atoms with E-state index >= 15 is 0 Å². The number of carbonyl (C=O) groups excluding carboxylic acids is 2. The molecule has 3 atom stereocenters. The Morgan fingerprint density at radius 2 is 2.00 bits per heavy atom. The van der Waals surface area contributed by atoms with Gasteiger partial charge in [-0.2, -0.15) is 4.39 Å². The number of halogens is 1. The first kappa shape index (κ1) is 18.8. The lowest BCUT2D eigenvalue weighted by Gasteiger charge is -2.25. The lowest BCUT2D eigenvalue weighted by atomic mass is 9.82. The number of rotatable bonds is 5. The molecule has 1 saturated heterocycles. The maximum atomic E-state index is 13.5. The minimum Gasteiger partial charge on any atom is -0.465 e. The minimum absolute atomic E-state index is 0.0650. The molecule has 10 heteroatoms. The van der Waals surface area contributed by atoms with Crippen LogP contribution in [0.25, 0.3) is 0 Å². The minimum atomic E-state index is -1.43. The second-order valence-electron chi connectivity index (χ2n) is 5.71. The van der Waals surface area contributed by atoms with Crippen molar-refractivity contribution in [2.24, 2.45) is 5.41 Å². The Hall–Kier alpha value is -2.49. The molecule has 9 nitrogen and oxygen atoms in total. The molecule has 0 aromatic carbocycles. The Morgan fingerprint density at radius 1 is 1.36 bits per heavy atom. The van der Waals surface area contributed by atoms with Gasteiger partial charge in [-0.1, -0.05) is 0 Å². The Kier molecular flexibility index (Phi) is 5.41. The van der Waals surface area contributed by atoms with Crippen LogP contribution in [-0.4, -0.2) is 40.8 Å². The average molecular weight is 358 g/mol. The predicted octanol–water partition coefficient (Wildman–Crippen LogP) is 0.0957. The SMILES string of the molecule is CCOC(=O)[C@H]1O[C@@H](n2cc(F)c(=O)[nH]c2=O)CC1(C)C(=O)OCC. The second kappa shape index (κ2) is 7.18. The Bertz CT molecular complexity index is 787. The Balaban J connectivity index is 2.43. The summed E-state index contributed by atoms with van der Waals surface area (Å²) in [6.45, 7) is 4.79. The number of nitrogens with zero attached hydrogens (tertiary/aromatic N) is 1. The predicted molar refractivity (Wildman–Crippen MR) is 81.2 cm³/mol. The number of aromatic amines is 1. The van der Waals surface area contributed by atoms with Crippen molar-refractivity contribution in [3.63, 3.8) is 0 Å². The van der Waals surface area contributed by atoms with Crippen LogP contribution in [0.1, 0.15) is 33.4 Å². The Labute approximate surface area is 141 Å². The third-order valence-corrected chi connectivity index (χ3v) is 3.95.